The number of nitrogens with two attached hydrogens (primary N) is 1. The third-order valence-electron chi connectivity index (χ3n) is 3.69. The number of nitrogens with zero attached hydrogens (tertiary/aromatic N) is 3. The number of aromatic nitrogens is 4. The second-order valence-electron chi connectivity index (χ2n) is 5.17. The summed E-state index contributed by atoms with van der Waals surface area (Å²) in [6.45, 7) is -0.214. The number of imidazole rings is 1. The van der Waals surface area contributed by atoms with Crippen molar-refractivity contribution in [3.05, 3.63) is 16.7 Å². The number of ether oxygens (including phenoxy) is 1. The van der Waals surface area contributed by atoms with Gasteiger partial charge in [0.1, 0.15) is 18.3 Å². The Labute approximate surface area is 155 Å². The van der Waals surface area contributed by atoms with Crippen LogP contribution in [0.25, 0.3) is 11.2 Å². The van der Waals surface area contributed by atoms with Crippen LogP contribution < -0.4 is 40.9 Å². The molecule has 4 heterocycles. The van der Waals surface area contributed by atoms with Gasteiger partial charge in [-0.25, -0.2) is 9.55 Å². The first-order valence-electron chi connectivity index (χ1n) is 6.57. The number of hydrogen-bond donors (Lipinski definition) is 4. The van der Waals surface area contributed by atoms with Crippen molar-refractivity contribution in [1.82, 2.24) is 19.5 Å². The predicted octanol–water partition coefficient (Wildman–Crippen LogP) is -4.52. The predicted molar refractivity (Wildman–Crippen MR) is 73.1 cm³/mol. The molecular weight excluding hydrogens is 356 g/mol. The molecule has 0 saturated carbocycles. The summed E-state index contributed by atoms with van der Waals surface area (Å²) in [5, 5.41) is 10.4. The Balaban J connectivity index is 0.00000169. The zero-order chi connectivity index (χ0) is 16.4. The van der Waals surface area contributed by atoms with Crippen LogP contribution in [-0.2, 0) is 18.3 Å². The molecule has 2 aromatic heterocycles. The Morgan fingerprint density at radius 1 is 1.50 bits per heavy atom. The van der Waals surface area contributed by atoms with Crippen molar-refractivity contribution in [2.75, 3.05) is 12.3 Å². The van der Waals surface area contributed by atoms with E-state index in [1.807, 2.05) is 0 Å². The molecule has 4 rings (SSSR count). The van der Waals surface area contributed by atoms with Crippen LogP contribution in [0.5, 0.6) is 0 Å². The molecule has 0 spiro atoms. The van der Waals surface area contributed by atoms with Gasteiger partial charge in [-0.2, -0.15) is 4.98 Å². The Kier molecular flexibility index (Phi) is 4.62. The maximum absolute atomic E-state index is 11.8. The van der Waals surface area contributed by atoms with Crippen molar-refractivity contribution >= 4 is 24.9 Å². The largest absolute Gasteiger partial charge is 1.00 e. The van der Waals surface area contributed by atoms with Crippen molar-refractivity contribution in [3.8, 4) is 0 Å². The molecule has 24 heavy (non-hydrogen) atoms. The average Bonchev–Trinajstić information content (AvgIpc) is 3.00. The topological polar surface area (TPSA) is 175 Å². The van der Waals surface area contributed by atoms with Crippen LogP contribution in [0.15, 0.2) is 11.1 Å². The number of nitrogen functional groups attached to an aromatic ring is 1. The number of H-pyrrole nitrogens is 1. The molecule has 2 aliphatic rings. The van der Waals surface area contributed by atoms with E-state index in [2.05, 4.69) is 19.5 Å². The van der Waals surface area contributed by atoms with E-state index in [4.69, 9.17) is 15.0 Å². The van der Waals surface area contributed by atoms with E-state index >= 15 is 0 Å². The number of phosphoric acid groups is 1. The number of rotatable bonds is 1. The van der Waals surface area contributed by atoms with Gasteiger partial charge in [0.2, 0.25) is 5.95 Å². The maximum Gasteiger partial charge on any atom is 1.00 e. The van der Waals surface area contributed by atoms with Crippen LogP contribution in [0.1, 0.15) is 6.23 Å². The summed E-state index contributed by atoms with van der Waals surface area (Å²) in [6, 6.07) is 0. The molecule has 0 aromatic carbocycles. The SMILES string of the molecule is Nc1nc2c(ncn2C2OC3COP(=O)(O)OC3C2O)c(=O)[nH]1.[Na+]. The molecule has 5 unspecified atom stereocenters. The number of phosphoric ester groups is 1. The molecule has 124 valence electrons. The first kappa shape index (κ1) is 18.0. The summed E-state index contributed by atoms with van der Waals surface area (Å²) in [6.07, 6.45) is -2.85. The smallest absolute Gasteiger partial charge is 0.386 e. The number of fused-ring (bicyclic) bond motifs is 2. The molecule has 14 heteroatoms. The van der Waals surface area contributed by atoms with Gasteiger partial charge in [-0.05, 0) is 0 Å². The molecule has 0 aliphatic carbocycles. The fraction of sp³-hybridized carbons (Fsp3) is 0.500. The molecule has 2 aromatic rings. The van der Waals surface area contributed by atoms with E-state index in [0.29, 0.717) is 0 Å². The van der Waals surface area contributed by atoms with Gasteiger partial charge in [-0.1, -0.05) is 0 Å². The minimum Gasteiger partial charge on any atom is -0.386 e. The minimum absolute atomic E-state index is 0. The van der Waals surface area contributed by atoms with E-state index in [-0.39, 0.29) is 53.3 Å². The van der Waals surface area contributed by atoms with Crippen LogP contribution in [0.4, 0.5) is 5.95 Å². The molecule has 12 nitrogen and oxygen atoms in total. The molecule has 2 aliphatic heterocycles. The van der Waals surface area contributed by atoms with Crippen LogP contribution in [0, 0.1) is 0 Å². The van der Waals surface area contributed by atoms with Crippen molar-refractivity contribution < 1.29 is 57.9 Å². The Morgan fingerprint density at radius 3 is 3.00 bits per heavy atom. The summed E-state index contributed by atoms with van der Waals surface area (Å²) < 4.78 is 27.9. The van der Waals surface area contributed by atoms with Crippen molar-refractivity contribution in [2.45, 2.75) is 24.5 Å². The number of nitrogens with one attached hydrogen (secondary N) is 1. The molecule has 5 atom stereocenters. The van der Waals surface area contributed by atoms with Crippen LogP contribution in [0.3, 0.4) is 0 Å². The number of aliphatic hydroxyl groups excluding tert-OH is 1. The Hall–Kier alpha value is -0.820. The molecule has 2 saturated heterocycles. The van der Waals surface area contributed by atoms with Crippen LogP contribution in [0.2, 0.25) is 0 Å². The van der Waals surface area contributed by atoms with Crippen LogP contribution >= 0.6 is 7.82 Å². The summed E-state index contributed by atoms with van der Waals surface area (Å²) >= 11 is 0. The second-order valence-corrected chi connectivity index (χ2v) is 6.57. The zero-order valence-electron chi connectivity index (χ0n) is 12.4. The molecule has 0 amide bonds. The third kappa shape index (κ3) is 2.83. The van der Waals surface area contributed by atoms with Crippen molar-refractivity contribution in [1.29, 1.82) is 0 Å². The summed E-state index contributed by atoms with van der Waals surface area (Å²) in [5.41, 5.74) is 5.12. The summed E-state index contributed by atoms with van der Waals surface area (Å²) in [5.74, 6) is -0.117. The van der Waals surface area contributed by atoms with E-state index < -0.39 is 37.9 Å². The van der Waals surface area contributed by atoms with E-state index in [9.17, 15) is 19.4 Å². The summed E-state index contributed by atoms with van der Waals surface area (Å²) in [4.78, 5) is 31.3. The first-order chi connectivity index (χ1) is 10.9. The fourth-order valence-electron chi connectivity index (χ4n) is 2.69. The van der Waals surface area contributed by atoms with Gasteiger partial charge in [0.05, 0.1) is 12.9 Å². The minimum atomic E-state index is -4.22. The van der Waals surface area contributed by atoms with Crippen molar-refractivity contribution in [3.63, 3.8) is 0 Å². The quantitative estimate of drug-likeness (QED) is 0.283. The van der Waals surface area contributed by atoms with Crippen LogP contribution in [-0.4, -0.2) is 54.4 Å². The second kappa shape index (κ2) is 6.16. The number of aromatic amines is 1. The van der Waals surface area contributed by atoms with Gasteiger partial charge in [0, 0.05) is 0 Å². The first-order valence-corrected chi connectivity index (χ1v) is 8.07. The van der Waals surface area contributed by atoms with Gasteiger partial charge >= 0.3 is 37.4 Å². The van der Waals surface area contributed by atoms with E-state index in [0.717, 1.165) is 0 Å². The normalized spacial score (nSPS) is 35.6. The molecule has 5 N–H and O–H groups in total. The Bertz CT molecular complexity index is 886. The monoisotopic (exact) mass is 368 g/mol. The standard InChI is InChI=1S/C10H12N5O7P.Na/c11-10-13-7-4(8(17)14-10)12-2-15(7)9-5(16)6-3(21-9)1-20-23(18,19)22-6;/h2-3,5-6,9,16H,1H2,(H,18,19)(H3,11,13,14,17);/q;+1. The third-order valence-corrected chi connectivity index (χ3v) is 4.68. The Morgan fingerprint density at radius 2 is 2.25 bits per heavy atom. The zero-order valence-corrected chi connectivity index (χ0v) is 15.3. The maximum atomic E-state index is 11.8. The molecule has 2 fully saturated rings. The number of anilines is 1. The van der Waals surface area contributed by atoms with Gasteiger partial charge in [-0.15, -0.1) is 0 Å². The average molecular weight is 368 g/mol. The van der Waals surface area contributed by atoms with Gasteiger partial charge in [0.25, 0.3) is 5.56 Å². The van der Waals surface area contributed by atoms with E-state index in [1.165, 1.54) is 10.9 Å². The van der Waals surface area contributed by atoms with Gasteiger partial charge < -0.3 is 20.5 Å². The molecule has 0 bridgehead atoms. The number of hydrogen-bond acceptors (Lipinski definition) is 9. The summed E-state index contributed by atoms with van der Waals surface area (Å²) in [7, 11) is -4.22. The van der Waals surface area contributed by atoms with Gasteiger partial charge in [0.15, 0.2) is 17.4 Å². The number of aliphatic hydroxyl groups is 1. The molecule has 0 radical (unpaired) electrons. The van der Waals surface area contributed by atoms with E-state index in [1.54, 1.807) is 0 Å². The molecular formula is C10H12N5NaO7P+. The fourth-order valence-corrected chi connectivity index (χ4v) is 3.66. The van der Waals surface area contributed by atoms with Gasteiger partial charge in [-0.3, -0.25) is 23.4 Å². The van der Waals surface area contributed by atoms with Crippen molar-refractivity contribution in [2.24, 2.45) is 0 Å².